The topological polar surface area (TPSA) is 69.6 Å². The number of alkyl halides is 3. The second-order valence-corrected chi connectivity index (χ2v) is 4.46. The van der Waals surface area contributed by atoms with Crippen LogP contribution < -0.4 is 0 Å². The molecule has 0 saturated carbocycles. The van der Waals surface area contributed by atoms with Crippen molar-refractivity contribution in [2.75, 3.05) is 14.1 Å². The summed E-state index contributed by atoms with van der Waals surface area (Å²) < 4.78 is 59.7. The van der Waals surface area contributed by atoms with Gasteiger partial charge in [-0.25, -0.2) is 13.4 Å². The number of nitrogens with zero attached hydrogens (tertiary/aromatic N) is 2. The van der Waals surface area contributed by atoms with E-state index in [2.05, 4.69) is 19.1 Å². The normalized spacial score (nSPS) is 18.5. The molecular formula is C6H9F3N2O3S. The number of hydrogen-bond acceptors (Lipinski definition) is 4. The zero-order chi connectivity index (χ0) is 12.3. The second-order valence-electron chi connectivity index (χ2n) is 3.09. The predicted molar refractivity (Wildman–Crippen MR) is 45.5 cm³/mol. The quantitative estimate of drug-likeness (QED) is 0.357. The van der Waals surface area contributed by atoms with Crippen molar-refractivity contribution in [2.24, 2.45) is 4.99 Å². The van der Waals surface area contributed by atoms with E-state index in [4.69, 9.17) is 13.0 Å². The van der Waals surface area contributed by atoms with Crippen molar-refractivity contribution < 1.29 is 30.6 Å². The van der Waals surface area contributed by atoms with Gasteiger partial charge in [0.25, 0.3) is 0 Å². The maximum absolute atomic E-state index is 10.7. The summed E-state index contributed by atoms with van der Waals surface area (Å²) in [6.45, 7) is 0. The molecular weight excluding hydrogens is 237 g/mol. The van der Waals surface area contributed by atoms with Crippen molar-refractivity contribution in [3.63, 3.8) is 0 Å². The first-order valence-electron chi connectivity index (χ1n) is 3.53. The van der Waals surface area contributed by atoms with Crippen molar-refractivity contribution in [2.45, 2.75) is 5.51 Å². The molecule has 0 aliphatic carbocycles. The third-order valence-corrected chi connectivity index (χ3v) is 1.75. The van der Waals surface area contributed by atoms with Crippen LogP contribution in [-0.4, -0.2) is 43.4 Å². The average Bonchev–Trinajstić information content (AvgIpc) is 2.30. The third kappa shape index (κ3) is 5.50. The number of aliphatic imine (C=N–C) groups is 1. The van der Waals surface area contributed by atoms with Gasteiger partial charge in [0.15, 0.2) is 16.5 Å². The molecule has 0 fully saturated rings. The molecule has 15 heavy (non-hydrogen) atoms. The van der Waals surface area contributed by atoms with Gasteiger partial charge in [0.1, 0.15) is 6.20 Å². The summed E-state index contributed by atoms with van der Waals surface area (Å²) >= 11 is 0. The lowest BCUT2D eigenvalue weighted by Crippen LogP contribution is -2.28. The van der Waals surface area contributed by atoms with Crippen LogP contribution in [0.5, 0.6) is 0 Å². The highest BCUT2D eigenvalue weighted by Gasteiger charge is 2.36. The summed E-state index contributed by atoms with van der Waals surface area (Å²) in [6.07, 6.45) is 5.69. The van der Waals surface area contributed by atoms with E-state index >= 15 is 0 Å². The molecule has 0 atom stereocenters. The minimum atomic E-state index is -6.09. The first-order chi connectivity index (χ1) is 6.46. The van der Waals surface area contributed by atoms with Crippen molar-refractivity contribution >= 4 is 16.5 Å². The van der Waals surface area contributed by atoms with E-state index in [9.17, 15) is 13.2 Å². The Labute approximate surface area is 84.9 Å². The van der Waals surface area contributed by atoms with Crippen LogP contribution >= 0.6 is 0 Å². The van der Waals surface area contributed by atoms with Crippen LogP contribution in [0.15, 0.2) is 17.4 Å². The highest BCUT2D eigenvalue weighted by Crippen LogP contribution is 2.20. The largest absolute Gasteiger partial charge is 0.741 e. The molecule has 0 N–H and O–H groups in total. The van der Waals surface area contributed by atoms with E-state index in [1.54, 1.807) is 6.20 Å². The molecule has 88 valence electrons. The lowest BCUT2D eigenvalue weighted by molar-refractivity contribution is -0.732. The first-order valence-corrected chi connectivity index (χ1v) is 4.94. The van der Waals surface area contributed by atoms with Gasteiger partial charge in [-0.2, -0.15) is 13.2 Å². The Kier molecular flexibility index (Phi) is 4.02. The van der Waals surface area contributed by atoms with Gasteiger partial charge in [0.2, 0.25) is 0 Å². The fourth-order valence-corrected chi connectivity index (χ4v) is 0.459. The molecule has 0 unspecified atom stereocenters. The Bertz CT molecular complexity index is 356. The van der Waals surface area contributed by atoms with E-state index < -0.39 is 15.6 Å². The SMILES string of the molecule is C[N+]1(C)C=CN=C1.O=S(=O)([O-])C(F)(F)F. The minimum Gasteiger partial charge on any atom is -0.741 e. The minimum absolute atomic E-state index is 0.778. The van der Waals surface area contributed by atoms with Crippen LogP contribution in [0.1, 0.15) is 0 Å². The van der Waals surface area contributed by atoms with Gasteiger partial charge in [-0.05, 0) is 0 Å². The Balaban J connectivity index is 0.000000262. The summed E-state index contributed by atoms with van der Waals surface area (Å²) in [5.41, 5.74) is -5.65. The maximum Gasteiger partial charge on any atom is 0.485 e. The van der Waals surface area contributed by atoms with E-state index in [0.29, 0.717) is 0 Å². The molecule has 0 bridgehead atoms. The zero-order valence-corrected chi connectivity index (χ0v) is 8.71. The van der Waals surface area contributed by atoms with E-state index in [-0.39, 0.29) is 0 Å². The highest BCUT2D eigenvalue weighted by atomic mass is 32.2. The number of quaternary nitrogens is 1. The Hall–Kier alpha value is -0.930. The lowest BCUT2D eigenvalue weighted by atomic mass is 10.7. The van der Waals surface area contributed by atoms with Gasteiger partial charge < -0.3 is 4.55 Å². The van der Waals surface area contributed by atoms with Crippen LogP contribution in [0, 0.1) is 0 Å². The van der Waals surface area contributed by atoms with E-state index in [0.717, 1.165) is 4.48 Å². The van der Waals surface area contributed by atoms with E-state index in [1.807, 2.05) is 12.5 Å². The summed E-state index contributed by atoms with van der Waals surface area (Å²) in [5.74, 6) is 0. The van der Waals surface area contributed by atoms with Gasteiger partial charge in [0, 0.05) is 0 Å². The molecule has 5 nitrogen and oxygen atoms in total. The fraction of sp³-hybridized carbons (Fsp3) is 0.500. The van der Waals surface area contributed by atoms with Crippen LogP contribution in [0.3, 0.4) is 0 Å². The third-order valence-electron chi connectivity index (χ3n) is 1.18. The molecule has 1 rings (SSSR count). The maximum atomic E-state index is 10.7. The van der Waals surface area contributed by atoms with Gasteiger partial charge >= 0.3 is 5.51 Å². The van der Waals surface area contributed by atoms with Gasteiger partial charge in [-0.1, -0.05) is 0 Å². The Morgan fingerprint density at radius 1 is 1.33 bits per heavy atom. The van der Waals surface area contributed by atoms with Crippen LogP contribution in [0.25, 0.3) is 0 Å². The van der Waals surface area contributed by atoms with Crippen LogP contribution in [-0.2, 0) is 10.1 Å². The van der Waals surface area contributed by atoms with Crippen LogP contribution in [0.2, 0.25) is 0 Å². The average molecular weight is 246 g/mol. The lowest BCUT2D eigenvalue weighted by Gasteiger charge is -2.12. The molecule has 1 aliphatic rings. The van der Waals surface area contributed by atoms with Crippen molar-refractivity contribution in [1.29, 1.82) is 0 Å². The molecule has 1 aliphatic heterocycles. The fourth-order valence-electron chi connectivity index (χ4n) is 0.459. The first kappa shape index (κ1) is 14.1. The van der Waals surface area contributed by atoms with Crippen molar-refractivity contribution in [1.82, 2.24) is 0 Å². The smallest absolute Gasteiger partial charge is 0.485 e. The van der Waals surface area contributed by atoms with Gasteiger partial charge in [-0.3, -0.25) is 4.48 Å². The van der Waals surface area contributed by atoms with Crippen molar-refractivity contribution in [3.8, 4) is 0 Å². The standard InChI is InChI=1S/C5H9N2.CHF3O3S/c1-7(2)4-3-6-5-7;2-1(3,4)8(5,6)7/h3-5H,1-2H3;(H,5,6,7)/q+1;/p-1. The summed E-state index contributed by atoms with van der Waals surface area (Å²) in [6, 6.07) is 0. The molecule has 0 aromatic rings. The predicted octanol–water partition coefficient (Wildman–Crippen LogP) is 0.627. The summed E-state index contributed by atoms with van der Waals surface area (Å²) in [4.78, 5) is 3.90. The number of rotatable bonds is 0. The highest BCUT2D eigenvalue weighted by molar-refractivity contribution is 7.86. The van der Waals surface area contributed by atoms with Gasteiger partial charge in [-0.15, -0.1) is 0 Å². The Morgan fingerprint density at radius 3 is 1.80 bits per heavy atom. The molecule has 9 heteroatoms. The summed E-state index contributed by atoms with van der Waals surface area (Å²) in [5, 5.41) is 0. The zero-order valence-electron chi connectivity index (χ0n) is 7.89. The molecule has 0 aromatic carbocycles. The second kappa shape index (κ2) is 4.29. The molecule has 1 heterocycles. The van der Waals surface area contributed by atoms with Gasteiger partial charge in [0.05, 0.1) is 20.3 Å². The molecule has 0 spiro atoms. The number of halogens is 3. The molecule has 0 radical (unpaired) electrons. The number of hydrogen-bond donors (Lipinski definition) is 0. The van der Waals surface area contributed by atoms with Crippen LogP contribution in [0.4, 0.5) is 13.2 Å². The van der Waals surface area contributed by atoms with Crippen molar-refractivity contribution in [3.05, 3.63) is 12.4 Å². The molecule has 0 aromatic heterocycles. The summed E-state index contributed by atoms with van der Waals surface area (Å²) in [7, 11) is -1.97. The van der Waals surface area contributed by atoms with E-state index in [1.165, 1.54) is 0 Å². The monoisotopic (exact) mass is 246 g/mol. The Morgan fingerprint density at radius 2 is 1.73 bits per heavy atom. The molecule has 0 amide bonds. The molecule has 0 saturated heterocycles.